The van der Waals surface area contributed by atoms with E-state index in [0.717, 1.165) is 19.4 Å². The molecule has 0 aromatic carbocycles. The number of carbonyl (C=O) groups excluding carboxylic acids is 2. The van der Waals surface area contributed by atoms with Crippen LogP contribution in [0.2, 0.25) is 0 Å². The molecule has 1 aliphatic carbocycles. The zero-order chi connectivity index (χ0) is 13.0. The van der Waals surface area contributed by atoms with Gasteiger partial charge < -0.3 is 9.88 Å². The number of hydrogen-bond donors (Lipinski definition) is 2. The monoisotopic (exact) mass is 269 g/mol. The summed E-state index contributed by atoms with van der Waals surface area (Å²) in [5.41, 5.74) is 0. The molecule has 7 nitrogen and oxygen atoms in total. The summed E-state index contributed by atoms with van der Waals surface area (Å²) in [7, 11) is 0. The number of carbonyl (C=O) groups is 2. The van der Waals surface area contributed by atoms with Crippen LogP contribution in [-0.4, -0.2) is 38.5 Å². The number of nitrogens with one attached hydrogen (secondary N) is 2. The molecule has 1 aromatic rings. The maximum absolute atomic E-state index is 11.5. The van der Waals surface area contributed by atoms with Crippen molar-refractivity contribution in [3.8, 4) is 0 Å². The lowest BCUT2D eigenvalue weighted by Crippen LogP contribution is -2.41. The van der Waals surface area contributed by atoms with Crippen molar-refractivity contribution in [2.24, 2.45) is 0 Å². The highest BCUT2D eigenvalue weighted by Crippen LogP contribution is 2.18. The van der Waals surface area contributed by atoms with Gasteiger partial charge in [-0.2, -0.15) is 0 Å². The van der Waals surface area contributed by atoms with E-state index >= 15 is 0 Å². The van der Waals surface area contributed by atoms with E-state index in [1.54, 1.807) is 6.33 Å². The highest BCUT2D eigenvalue weighted by atomic mass is 32.2. The first-order valence-electron chi connectivity index (χ1n) is 5.80. The Balaban J connectivity index is 1.72. The van der Waals surface area contributed by atoms with Crippen molar-refractivity contribution < 1.29 is 9.59 Å². The number of rotatable bonds is 5. The van der Waals surface area contributed by atoms with Crippen molar-refractivity contribution in [1.29, 1.82) is 0 Å². The van der Waals surface area contributed by atoms with E-state index in [1.807, 2.05) is 11.5 Å². The first kappa shape index (κ1) is 12.9. The average Bonchev–Trinajstić information content (AvgIpc) is 3.02. The van der Waals surface area contributed by atoms with Crippen molar-refractivity contribution in [2.75, 3.05) is 5.75 Å². The molecular formula is C10H15N5O2S. The molecule has 0 aliphatic heterocycles. The molecular weight excluding hydrogens is 254 g/mol. The third kappa shape index (κ3) is 3.73. The Labute approximate surface area is 109 Å². The highest BCUT2D eigenvalue weighted by molar-refractivity contribution is 7.99. The minimum absolute atomic E-state index is 0.150. The summed E-state index contributed by atoms with van der Waals surface area (Å²) in [4.78, 5) is 22.8. The number of thioether (sulfide) groups is 1. The number of hydrogen-bond acceptors (Lipinski definition) is 5. The smallest absolute Gasteiger partial charge is 0.321 e. The largest absolute Gasteiger partial charge is 0.335 e. The highest BCUT2D eigenvalue weighted by Gasteiger charge is 2.23. The van der Waals surface area contributed by atoms with Crippen molar-refractivity contribution in [3.05, 3.63) is 6.33 Å². The number of aryl methyl sites for hydroxylation is 1. The van der Waals surface area contributed by atoms with Gasteiger partial charge in [-0.3, -0.25) is 10.1 Å². The number of nitrogens with zero attached hydrogens (tertiary/aromatic N) is 3. The number of urea groups is 1. The Morgan fingerprint density at radius 1 is 1.56 bits per heavy atom. The normalized spacial score (nSPS) is 14.3. The van der Waals surface area contributed by atoms with E-state index in [9.17, 15) is 9.59 Å². The van der Waals surface area contributed by atoms with Crippen LogP contribution in [0.15, 0.2) is 11.5 Å². The van der Waals surface area contributed by atoms with E-state index < -0.39 is 6.03 Å². The van der Waals surface area contributed by atoms with Gasteiger partial charge in [0.2, 0.25) is 5.91 Å². The molecule has 1 aliphatic rings. The van der Waals surface area contributed by atoms with E-state index in [1.165, 1.54) is 11.8 Å². The third-order valence-electron chi connectivity index (χ3n) is 2.42. The fourth-order valence-electron chi connectivity index (χ4n) is 1.32. The topological polar surface area (TPSA) is 88.9 Å². The molecule has 2 N–H and O–H groups in total. The molecule has 0 spiro atoms. The average molecular weight is 269 g/mol. The predicted octanol–water partition coefficient (Wildman–Crippen LogP) is 0.378. The molecule has 1 heterocycles. The Kier molecular flexibility index (Phi) is 4.19. The summed E-state index contributed by atoms with van der Waals surface area (Å²) in [5.74, 6) is -0.180. The van der Waals surface area contributed by atoms with Gasteiger partial charge in [0.05, 0.1) is 5.75 Å². The van der Waals surface area contributed by atoms with Gasteiger partial charge in [0.1, 0.15) is 6.33 Å². The lowest BCUT2D eigenvalue weighted by Gasteiger charge is -2.05. The van der Waals surface area contributed by atoms with Crippen LogP contribution in [0.5, 0.6) is 0 Å². The second-order valence-corrected chi connectivity index (χ2v) is 4.93. The first-order chi connectivity index (χ1) is 8.69. The molecule has 0 atom stereocenters. The summed E-state index contributed by atoms with van der Waals surface area (Å²) in [6, 6.07) is -0.172. The number of imide groups is 1. The zero-order valence-electron chi connectivity index (χ0n) is 10.0. The minimum atomic E-state index is -0.417. The lowest BCUT2D eigenvalue weighted by molar-refractivity contribution is -0.117. The number of aromatic nitrogens is 3. The fourth-order valence-corrected chi connectivity index (χ4v) is 2.09. The van der Waals surface area contributed by atoms with Crippen LogP contribution < -0.4 is 10.6 Å². The van der Waals surface area contributed by atoms with Gasteiger partial charge in [-0.15, -0.1) is 10.2 Å². The van der Waals surface area contributed by atoms with Crippen LogP contribution in [0, 0.1) is 0 Å². The maximum Gasteiger partial charge on any atom is 0.321 e. The molecule has 1 fully saturated rings. The van der Waals surface area contributed by atoms with Crippen LogP contribution >= 0.6 is 11.8 Å². The molecule has 3 amide bonds. The molecule has 0 saturated heterocycles. The van der Waals surface area contributed by atoms with Gasteiger partial charge in [-0.25, -0.2) is 4.79 Å². The summed E-state index contributed by atoms with van der Waals surface area (Å²) in [6.07, 6.45) is 3.60. The molecule has 2 rings (SSSR count). The zero-order valence-corrected chi connectivity index (χ0v) is 10.9. The van der Waals surface area contributed by atoms with Gasteiger partial charge in [0, 0.05) is 12.6 Å². The molecule has 0 unspecified atom stereocenters. The van der Waals surface area contributed by atoms with Crippen molar-refractivity contribution in [3.63, 3.8) is 0 Å². The molecule has 1 aromatic heterocycles. The third-order valence-corrected chi connectivity index (χ3v) is 3.40. The molecule has 0 radical (unpaired) electrons. The Hall–Kier alpha value is -1.57. The van der Waals surface area contributed by atoms with Gasteiger partial charge in [-0.05, 0) is 19.8 Å². The lowest BCUT2D eigenvalue weighted by atomic mass is 10.6. The Morgan fingerprint density at radius 2 is 2.33 bits per heavy atom. The Bertz CT molecular complexity index is 443. The van der Waals surface area contributed by atoms with Crippen LogP contribution in [0.3, 0.4) is 0 Å². The van der Waals surface area contributed by atoms with E-state index in [4.69, 9.17) is 0 Å². The summed E-state index contributed by atoms with van der Waals surface area (Å²) >= 11 is 1.26. The summed E-state index contributed by atoms with van der Waals surface area (Å²) in [5, 5.41) is 13.3. The fraction of sp³-hybridized carbons (Fsp3) is 0.600. The summed E-state index contributed by atoms with van der Waals surface area (Å²) in [6.45, 7) is 2.72. The molecule has 1 saturated carbocycles. The van der Waals surface area contributed by atoms with Crippen molar-refractivity contribution in [2.45, 2.75) is 37.5 Å². The van der Waals surface area contributed by atoms with Crippen molar-refractivity contribution in [1.82, 2.24) is 25.4 Å². The van der Waals surface area contributed by atoms with E-state index in [-0.39, 0.29) is 17.7 Å². The van der Waals surface area contributed by atoms with Gasteiger partial charge in [0.15, 0.2) is 5.16 Å². The van der Waals surface area contributed by atoms with Crippen LogP contribution in [-0.2, 0) is 11.3 Å². The van der Waals surface area contributed by atoms with Crippen LogP contribution in [0.25, 0.3) is 0 Å². The minimum Gasteiger partial charge on any atom is -0.335 e. The molecule has 0 bridgehead atoms. The predicted molar refractivity (Wildman–Crippen MR) is 66.1 cm³/mol. The van der Waals surface area contributed by atoms with Gasteiger partial charge in [0.25, 0.3) is 0 Å². The van der Waals surface area contributed by atoms with Gasteiger partial charge >= 0.3 is 6.03 Å². The van der Waals surface area contributed by atoms with Crippen LogP contribution in [0.1, 0.15) is 19.8 Å². The second-order valence-electron chi connectivity index (χ2n) is 3.98. The SMILES string of the molecule is CCn1cnnc1SCC(=O)NC(=O)NC1CC1. The second kappa shape index (κ2) is 5.85. The molecule has 98 valence electrons. The first-order valence-corrected chi connectivity index (χ1v) is 6.78. The maximum atomic E-state index is 11.5. The number of amides is 3. The molecule has 18 heavy (non-hydrogen) atoms. The quantitative estimate of drug-likeness (QED) is 0.754. The van der Waals surface area contributed by atoms with Crippen molar-refractivity contribution >= 4 is 23.7 Å². The molecule has 8 heteroatoms. The standard InChI is InChI=1S/C10H15N5O2S/c1-2-15-6-11-14-10(15)18-5-8(16)13-9(17)12-7-3-4-7/h6-7H,2-5H2,1H3,(H2,12,13,16,17). The van der Waals surface area contributed by atoms with Crippen LogP contribution in [0.4, 0.5) is 4.79 Å². The van der Waals surface area contributed by atoms with Gasteiger partial charge in [-0.1, -0.05) is 11.8 Å². The van der Waals surface area contributed by atoms with E-state index in [2.05, 4.69) is 20.8 Å². The summed E-state index contributed by atoms with van der Waals surface area (Å²) < 4.78 is 1.84. The van der Waals surface area contributed by atoms with E-state index in [0.29, 0.717) is 5.16 Å². The Morgan fingerprint density at radius 3 is 3.00 bits per heavy atom.